The Hall–Kier alpha value is -1.34. The summed E-state index contributed by atoms with van der Waals surface area (Å²) in [5.41, 5.74) is -0.0318. The van der Waals surface area contributed by atoms with Crippen LogP contribution in [-0.4, -0.2) is 20.8 Å². The van der Waals surface area contributed by atoms with Gasteiger partial charge in [0.05, 0.1) is 17.6 Å². The first-order valence-electron chi connectivity index (χ1n) is 6.21. The Morgan fingerprint density at radius 2 is 2.10 bits per heavy atom. The van der Waals surface area contributed by atoms with E-state index in [0.717, 1.165) is 0 Å². The highest BCUT2D eigenvalue weighted by molar-refractivity contribution is 9.10. The van der Waals surface area contributed by atoms with Crippen molar-refractivity contribution in [2.24, 2.45) is 0 Å². The topological polar surface area (TPSA) is 42.7 Å². The Morgan fingerprint density at radius 3 is 2.80 bits per heavy atom. The van der Waals surface area contributed by atoms with E-state index in [4.69, 9.17) is 0 Å². The molecule has 108 valence electrons. The fraction of sp³-hybridized carbons (Fsp3) is 0.385. The molecule has 0 aliphatic carbocycles. The molecule has 0 fully saturated rings. The number of nitrogens with zero attached hydrogens (tertiary/aromatic N) is 3. The maximum atomic E-state index is 13.9. The number of hydrogen-bond donors (Lipinski definition) is 1. The van der Waals surface area contributed by atoms with Crippen molar-refractivity contribution in [2.45, 2.75) is 33.0 Å². The minimum absolute atomic E-state index is 0.00617. The van der Waals surface area contributed by atoms with E-state index >= 15 is 0 Å². The molecule has 1 heterocycles. The van der Waals surface area contributed by atoms with Crippen LogP contribution in [0.4, 0.5) is 8.78 Å². The molecule has 0 atom stereocenters. The molecular formula is C13H15BrF2N4. The molecule has 7 heteroatoms. The zero-order valence-corrected chi connectivity index (χ0v) is 12.8. The van der Waals surface area contributed by atoms with Gasteiger partial charge in [0.15, 0.2) is 0 Å². The second kappa shape index (κ2) is 6.41. The molecule has 0 aliphatic rings. The lowest BCUT2D eigenvalue weighted by molar-refractivity contribution is 0.505. The SMILES string of the molecule is CC(C)NCc1ncnn1Cc1c(F)ccc(Br)c1F. The van der Waals surface area contributed by atoms with Gasteiger partial charge in [0.1, 0.15) is 23.8 Å². The highest BCUT2D eigenvalue weighted by atomic mass is 79.9. The van der Waals surface area contributed by atoms with Crippen molar-refractivity contribution in [3.8, 4) is 0 Å². The number of benzene rings is 1. The van der Waals surface area contributed by atoms with E-state index in [0.29, 0.717) is 18.4 Å². The maximum Gasteiger partial charge on any atom is 0.145 e. The van der Waals surface area contributed by atoms with Gasteiger partial charge in [0.2, 0.25) is 0 Å². The van der Waals surface area contributed by atoms with Crippen LogP contribution < -0.4 is 5.32 Å². The zero-order valence-electron chi connectivity index (χ0n) is 11.2. The first-order valence-corrected chi connectivity index (χ1v) is 7.00. The Labute approximate surface area is 124 Å². The van der Waals surface area contributed by atoms with E-state index in [1.54, 1.807) is 0 Å². The van der Waals surface area contributed by atoms with Crippen LogP contribution in [-0.2, 0) is 13.1 Å². The summed E-state index contributed by atoms with van der Waals surface area (Å²) in [5, 5.41) is 7.21. The Balaban J connectivity index is 2.23. The number of nitrogens with one attached hydrogen (secondary N) is 1. The van der Waals surface area contributed by atoms with E-state index in [1.165, 1.54) is 23.1 Å². The van der Waals surface area contributed by atoms with Gasteiger partial charge in [-0.25, -0.2) is 18.4 Å². The monoisotopic (exact) mass is 344 g/mol. The summed E-state index contributed by atoms with van der Waals surface area (Å²) in [7, 11) is 0. The number of hydrogen-bond acceptors (Lipinski definition) is 3. The fourth-order valence-corrected chi connectivity index (χ4v) is 2.09. The molecule has 0 aliphatic heterocycles. The average molecular weight is 345 g/mol. The number of halogens is 3. The average Bonchev–Trinajstić information content (AvgIpc) is 2.84. The summed E-state index contributed by atoms with van der Waals surface area (Å²) in [6.07, 6.45) is 1.38. The van der Waals surface area contributed by atoms with Crippen LogP contribution in [0, 0.1) is 11.6 Å². The molecule has 0 saturated heterocycles. The minimum atomic E-state index is -0.608. The molecule has 2 aromatic rings. The van der Waals surface area contributed by atoms with Gasteiger partial charge >= 0.3 is 0 Å². The van der Waals surface area contributed by atoms with Gasteiger partial charge in [0.25, 0.3) is 0 Å². The van der Waals surface area contributed by atoms with E-state index in [1.807, 2.05) is 13.8 Å². The van der Waals surface area contributed by atoms with Crippen molar-refractivity contribution in [2.75, 3.05) is 0 Å². The van der Waals surface area contributed by atoms with Crippen LogP contribution in [0.15, 0.2) is 22.9 Å². The minimum Gasteiger partial charge on any atom is -0.308 e. The van der Waals surface area contributed by atoms with Gasteiger partial charge in [-0.15, -0.1) is 0 Å². The van der Waals surface area contributed by atoms with Crippen molar-refractivity contribution in [3.05, 3.63) is 46.0 Å². The third kappa shape index (κ3) is 3.40. The second-order valence-electron chi connectivity index (χ2n) is 4.69. The van der Waals surface area contributed by atoms with Gasteiger partial charge < -0.3 is 5.32 Å². The highest BCUT2D eigenvalue weighted by Crippen LogP contribution is 2.22. The first-order chi connectivity index (χ1) is 9.49. The molecule has 1 N–H and O–H groups in total. The molecule has 0 saturated carbocycles. The summed E-state index contributed by atoms with van der Waals surface area (Å²) in [6, 6.07) is 2.86. The molecule has 1 aromatic heterocycles. The summed E-state index contributed by atoms with van der Waals surface area (Å²) in [4.78, 5) is 4.10. The smallest absolute Gasteiger partial charge is 0.145 e. The third-order valence-electron chi connectivity index (χ3n) is 2.81. The van der Waals surface area contributed by atoms with Crippen LogP contribution in [0.2, 0.25) is 0 Å². The lowest BCUT2D eigenvalue weighted by atomic mass is 10.2. The molecular weight excluding hydrogens is 330 g/mol. The van der Waals surface area contributed by atoms with Gasteiger partial charge in [-0.1, -0.05) is 13.8 Å². The normalized spacial score (nSPS) is 11.3. The number of rotatable bonds is 5. The lowest BCUT2D eigenvalue weighted by Crippen LogP contribution is -2.24. The predicted molar refractivity (Wildman–Crippen MR) is 75.2 cm³/mol. The fourth-order valence-electron chi connectivity index (χ4n) is 1.72. The summed E-state index contributed by atoms with van der Waals surface area (Å²) in [6.45, 7) is 4.52. The second-order valence-corrected chi connectivity index (χ2v) is 5.55. The molecule has 0 amide bonds. The van der Waals surface area contributed by atoms with Crippen LogP contribution in [0.5, 0.6) is 0 Å². The van der Waals surface area contributed by atoms with Crippen LogP contribution in [0.1, 0.15) is 25.2 Å². The largest absolute Gasteiger partial charge is 0.308 e. The molecule has 0 unspecified atom stereocenters. The highest BCUT2D eigenvalue weighted by Gasteiger charge is 2.15. The van der Waals surface area contributed by atoms with E-state index in [-0.39, 0.29) is 16.6 Å². The van der Waals surface area contributed by atoms with Crippen LogP contribution in [0.3, 0.4) is 0 Å². The quantitative estimate of drug-likeness (QED) is 0.848. The first kappa shape index (κ1) is 15.1. The molecule has 0 bridgehead atoms. The molecule has 1 aromatic carbocycles. The molecule has 0 spiro atoms. The number of aromatic nitrogens is 3. The van der Waals surface area contributed by atoms with Gasteiger partial charge in [-0.05, 0) is 28.1 Å². The Kier molecular flexibility index (Phi) is 4.82. The van der Waals surface area contributed by atoms with Crippen molar-refractivity contribution < 1.29 is 8.78 Å². The molecule has 20 heavy (non-hydrogen) atoms. The van der Waals surface area contributed by atoms with Gasteiger partial charge in [0, 0.05) is 11.6 Å². The predicted octanol–water partition coefficient (Wildman–Crippen LogP) is 2.87. The van der Waals surface area contributed by atoms with Crippen molar-refractivity contribution in [1.29, 1.82) is 0 Å². The van der Waals surface area contributed by atoms with Crippen molar-refractivity contribution in [1.82, 2.24) is 20.1 Å². The van der Waals surface area contributed by atoms with Gasteiger partial charge in [-0.3, -0.25) is 0 Å². The van der Waals surface area contributed by atoms with Crippen LogP contribution in [0.25, 0.3) is 0 Å². The summed E-state index contributed by atoms with van der Waals surface area (Å²) in [5.74, 6) is -0.565. The van der Waals surface area contributed by atoms with Crippen LogP contribution >= 0.6 is 15.9 Å². The van der Waals surface area contributed by atoms with E-state index < -0.39 is 11.6 Å². The summed E-state index contributed by atoms with van der Waals surface area (Å²) < 4.78 is 29.4. The van der Waals surface area contributed by atoms with Crippen molar-refractivity contribution >= 4 is 15.9 Å². The molecule has 2 rings (SSSR count). The summed E-state index contributed by atoms with van der Waals surface area (Å²) >= 11 is 3.05. The van der Waals surface area contributed by atoms with E-state index in [2.05, 4.69) is 31.3 Å². The lowest BCUT2D eigenvalue weighted by Gasteiger charge is -2.11. The molecule has 4 nitrogen and oxygen atoms in total. The van der Waals surface area contributed by atoms with Crippen molar-refractivity contribution in [3.63, 3.8) is 0 Å². The Bertz CT molecular complexity index is 598. The Morgan fingerprint density at radius 1 is 1.35 bits per heavy atom. The van der Waals surface area contributed by atoms with E-state index in [9.17, 15) is 8.78 Å². The zero-order chi connectivity index (χ0) is 14.7. The third-order valence-corrected chi connectivity index (χ3v) is 3.42. The maximum absolute atomic E-state index is 13.9. The van der Waals surface area contributed by atoms with Gasteiger partial charge in [-0.2, -0.15) is 5.10 Å². The molecule has 0 radical (unpaired) electrons. The standard InChI is InChI=1S/C13H15BrF2N4/c1-8(2)17-5-12-18-7-19-20(12)6-9-11(15)4-3-10(14)13(9)16/h3-4,7-8,17H,5-6H2,1-2H3.